The molecule has 112 valence electrons. The molecule has 0 amide bonds. The Morgan fingerprint density at radius 2 is 2.00 bits per heavy atom. The highest BCUT2D eigenvalue weighted by molar-refractivity contribution is 5.79. The van der Waals surface area contributed by atoms with Crippen molar-refractivity contribution in [3.8, 4) is 17.1 Å². The molecule has 0 atom stereocenters. The molecule has 3 aromatic rings. The quantitative estimate of drug-likeness (QED) is 0.729. The van der Waals surface area contributed by atoms with E-state index in [0.29, 0.717) is 23.3 Å². The fraction of sp³-hybridized carbons (Fsp3) is 0.222. The molecule has 0 unspecified atom stereocenters. The fourth-order valence-corrected chi connectivity index (χ4v) is 2.29. The number of H-pyrrole nitrogens is 1. The van der Waals surface area contributed by atoms with Crippen LogP contribution in [-0.2, 0) is 0 Å². The van der Waals surface area contributed by atoms with Crippen molar-refractivity contribution in [2.24, 2.45) is 0 Å². The minimum Gasteiger partial charge on any atom is -0.494 e. The number of nitrogens with zero attached hydrogens (tertiary/aromatic N) is 1. The minimum absolute atomic E-state index is 0.127. The fourth-order valence-electron chi connectivity index (χ4n) is 2.29. The van der Waals surface area contributed by atoms with E-state index in [2.05, 4.69) is 16.9 Å². The third-order valence-electron chi connectivity index (χ3n) is 3.49. The molecular formula is C18H18N2O2. The average Bonchev–Trinajstić information content (AvgIpc) is 2.55. The first-order valence-electron chi connectivity index (χ1n) is 7.50. The molecule has 0 aliphatic heterocycles. The van der Waals surface area contributed by atoms with E-state index >= 15 is 0 Å². The first kappa shape index (κ1) is 14.3. The molecule has 22 heavy (non-hydrogen) atoms. The van der Waals surface area contributed by atoms with Gasteiger partial charge in [0.15, 0.2) is 0 Å². The van der Waals surface area contributed by atoms with E-state index < -0.39 is 0 Å². The highest BCUT2D eigenvalue weighted by Gasteiger charge is 2.06. The molecule has 1 heterocycles. The Balaban J connectivity index is 1.97. The van der Waals surface area contributed by atoms with Crippen molar-refractivity contribution >= 4 is 10.9 Å². The van der Waals surface area contributed by atoms with Crippen molar-refractivity contribution in [3.05, 3.63) is 58.9 Å². The van der Waals surface area contributed by atoms with Gasteiger partial charge in [-0.1, -0.05) is 37.6 Å². The van der Waals surface area contributed by atoms with E-state index in [-0.39, 0.29) is 5.56 Å². The number of ether oxygens (including phenoxy) is 1. The second kappa shape index (κ2) is 6.43. The largest absolute Gasteiger partial charge is 0.494 e. The number of fused-ring (bicyclic) bond motifs is 1. The highest BCUT2D eigenvalue weighted by Crippen LogP contribution is 2.21. The van der Waals surface area contributed by atoms with Crippen LogP contribution in [-0.4, -0.2) is 16.6 Å². The van der Waals surface area contributed by atoms with Crippen LogP contribution in [0.4, 0.5) is 0 Å². The van der Waals surface area contributed by atoms with Gasteiger partial charge < -0.3 is 9.72 Å². The maximum Gasteiger partial charge on any atom is 0.259 e. The van der Waals surface area contributed by atoms with Crippen molar-refractivity contribution in [1.82, 2.24) is 9.97 Å². The number of unbranched alkanes of at least 4 members (excludes halogenated alkanes) is 1. The molecular weight excluding hydrogens is 276 g/mol. The van der Waals surface area contributed by atoms with Gasteiger partial charge >= 0.3 is 0 Å². The number of benzene rings is 2. The number of para-hydroxylation sites is 1. The van der Waals surface area contributed by atoms with Crippen LogP contribution in [0.1, 0.15) is 19.8 Å². The van der Waals surface area contributed by atoms with Gasteiger partial charge in [-0.3, -0.25) is 4.79 Å². The molecule has 0 spiro atoms. The summed E-state index contributed by atoms with van der Waals surface area (Å²) in [5.41, 5.74) is 1.41. The van der Waals surface area contributed by atoms with Crippen molar-refractivity contribution in [2.45, 2.75) is 19.8 Å². The lowest BCUT2D eigenvalue weighted by atomic mass is 10.2. The Morgan fingerprint density at radius 1 is 1.14 bits per heavy atom. The molecule has 1 aromatic heterocycles. The van der Waals surface area contributed by atoms with Gasteiger partial charge in [0, 0.05) is 5.56 Å². The predicted molar refractivity (Wildman–Crippen MR) is 88.2 cm³/mol. The lowest BCUT2D eigenvalue weighted by Gasteiger charge is -2.08. The third-order valence-corrected chi connectivity index (χ3v) is 3.49. The van der Waals surface area contributed by atoms with Crippen molar-refractivity contribution in [1.29, 1.82) is 0 Å². The number of aromatic nitrogens is 2. The van der Waals surface area contributed by atoms with Crippen LogP contribution in [0.2, 0.25) is 0 Å². The van der Waals surface area contributed by atoms with Crippen LogP contribution in [0.3, 0.4) is 0 Å². The molecule has 0 radical (unpaired) electrons. The zero-order valence-electron chi connectivity index (χ0n) is 12.5. The number of aromatic amines is 1. The van der Waals surface area contributed by atoms with Crippen LogP contribution in [0.15, 0.2) is 53.3 Å². The standard InChI is InChI=1S/C18H18N2O2/c1-2-3-11-22-14-8-6-7-13(12-14)17-19-16-10-5-4-9-15(16)18(21)20-17/h4-10,12H,2-3,11H2,1H3,(H,19,20,21). The van der Waals surface area contributed by atoms with E-state index in [4.69, 9.17) is 4.74 Å². The van der Waals surface area contributed by atoms with Crippen LogP contribution in [0.5, 0.6) is 5.75 Å². The first-order chi connectivity index (χ1) is 10.8. The molecule has 3 rings (SSSR count). The zero-order valence-corrected chi connectivity index (χ0v) is 12.5. The van der Waals surface area contributed by atoms with Gasteiger partial charge in [0.1, 0.15) is 11.6 Å². The summed E-state index contributed by atoms with van der Waals surface area (Å²) in [5, 5.41) is 0.599. The van der Waals surface area contributed by atoms with Crippen molar-refractivity contribution in [3.63, 3.8) is 0 Å². The molecule has 0 aliphatic rings. The summed E-state index contributed by atoms with van der Waals surface area (Å²) in [7, 11) is 0. The van der Waals surface area contributed by atoms with E-state index in [1.807, 2.05) is 42.5 Å². The maximum absolute atomic E-state index is 12.1. The normalized spacial score (nSPS) is 10.8. The molecule has 0 fully saturated rings. The summed E-state index contributed by atoms with van der Waals surface area (Å²) in [6.45, 7) is 2.82. The van der Waals surface area contributed by atoms with Crippen LogP contribution >= 0.6 is 0 Å². The van der Waals surface area contributed by atoms with Gasteiger partial charge in [0.25, 0.3) is 5.56 Å². The Bertz CT molecular complexity index is 840. The Morgan fingerprint density at radius 3 is 2.86 bits per heavy atom. The SMILES string of the molecule is CCCCOc1cccc(-c2nc3ccccc3c(=O)[nH]2)c1. The summed E-state index contributed by atoms with van der Waals surface area (Å²) < 4.78 is 5.71. The topological polar surface area (TPSA) is 55.0 Å². The number of hydrogen-bond donors (Lipinski definition) is 1. The Labute approximate surface area is 128 Å². The molecule has 2 aromatic carbocycles. The van der Waals surface area contributed by atoms with Crippen molar-refractivity contribution in [2.75, 3.05) is 6.61 Å². The van der Waals surface area contributed by atoms with Crippen LogP contribution in [0, 0.1) is 0 Å². The zero-order chi connectivity index (χ0) is 15.4. The van der Waals surface area contributed by atoms with Gasteiger partial charge in [0.2, 0.25) is 0 Å². The van der Waals surface area contributed by atoms with Gasteiger partial charge in [0.05, 0.1) is 17.5 Å². The summed E-state index contributed by atoms with van der Waals surface area (Å²) in [5.74, 6) is 1.35. The molecule has 0 bridgehead atoms. The first-order valence-corrected chi connectivity index (χ1v) is 7.50. The number of nitrogens with one attached hydrogen (secondary N) is 1. The monoisotopic (exact) mass is 294 g/mol. The van der Waals surface area contributed by atoms with Gasteiger partial charge in [-0.15, -0.1) is 0 Å². The van der Waals surface area contributed by atoms with E-state index in [0.717, 1.165) is 24.2 Å². The van der Waals surface area contributed by atoms with Gasteiger partial charge in [-0.05, 0) is 30.7 Å². The number of hydrogen-bond acceptors (Lipinski definition) is 3. The third kappa shape index (κ3) is 3.01. The second-order valence-electron chi connectivity index (χ2n) is 5.16. The molecule has 4 heteroatoms. The predicted octanol–water partition coefficient (Wildman–Crippen LogP) is 3.77. The molecule has 0 saturated heterocycles. The number of rotatable bonds is 5. The van der Waals surface area contributed by atoms with E-state index in [1.165, 1.54) is 0 Å². The lowest BCUT2D eigenvalue weighted by Crippen LogP contribution is -2.09. The maximum atomic E-state index is 12.1. The Kier molecular flexibility index (Phi) is 4.19. The summed E-state index contributed by atoms with van der Waals surface area (Å²) in [4.78, 5) is 19.5. The average molecular weight is 294 g/mol. The summed E-state index contributed by atoms with van der Waals surface area (Å²) in [6.07, 6.45) is 2.12. The van der Waals surface area contributed by atoms with E-state index in [9.17, 15) is 4.79 Å². The Hall–Kier alpha value is -2.62. The lowest BCUT2D eigenvalue weighted by molar-refractivity contribution is 0.309. The molecule has 0 saturated carbocycles. The van der Waals surface area contributed by atoms with E-state index in [1.54, 1.807) is 6.07 Å². The van der Waals surface area contributed by atoms with Gasteiger partial charge in [-0.25, -0.2) is 4.98 Å². The minimum atomic E-state index is -0.127. The summed E-state index contributed by atoms with van der Waals surface area (Å²) in [6, 6.07) is 15.0. The van der Waals surface area contributed by atoms with Gasteiger partial charge in [-0.2, -0.15) is 0 Å². The molecule has 0 aliphatic carbocycles. The smallest absolute Gasteiger partial charge is 0.259 e. The van der Waals surface area contributed by atoms with Crippen LogP contribution in [0.25, 0.3) is 22.3 Å². The second-order valence-corrected chi connectivity index (χ2v) is 5.16. The molecule has 4 nitrogen and oxygen atoms in total. The summed E-state index contributed by atoms with van der Waals surface area (Å²) >= 11 is 0. The van der Waals surface area contributed by atoms with Crippen LogP contribution < -0.4 is 10.3 Å². The molecule has 1 N–H and O–H groups in total. The highest BCUT2D eigenvalue weighted by atomic mass is 16.5. The van der Waals surface area contributed by atoms with Crippen molar-refractivity contribution < 1.29 is 4.74 Å².